The van der Waals surface area contributed by atoms with Gasteiger partial charge in [0.05, 0.1) is 5.69 Å². The fourth-order valence-corrected chi connectivity index (χ4v) is 1.03. The number of aromatic nitrogens is 2. The molecule has 0 aliphatic heterocycles. The summed E-state index contributed by atoms with van der Waals surface area (Å²) >= 11 is 0. The minimum atomic E-state index is 0.466. The number of rotatable bonds is 3. The van der Waals surface area contributed by atoms with Gasteiger partial charge in [0, 0.05) is 25.8 Å². The van der Waals surface area contributed by atoms with Crippen LogP contribution in [0.25, 0.3) is 0 Å². The topological polar surface area (TPSA) is 55.0 Å². The molecule has 2 N–H and O–H groups in total. The van der Waals surface area contributed by atoms with E-state index in [0.717, 1.165) is 23.9 Å². The van der Waals surface area contributed by atoms with Crippen molar-refractivity contribution in [1.29, 1.82) is 0 Å². The number of hydrogen-bond donors (Lipinski definition) is 1. The van der Waals surface area contributed by atoms with Crippen molar-refractivity contribution in [1.82, 2.24) is 9.97 Å². The Kier molecular flexibility index (Phi) is 3.19. The molecule has 1 rings (SSSR count). The van der Waals surface area contributed by atoms with Gasteiger partial charge in [0.2, 0.25) is 5.95 Å². The van der Waals surface area contributed by atoms with Crippen LogP contribution in [0.4, 0.5) is 5.95 Å². The van der Waals surface area contributed by atoms with E-state index < -0.39 is 0 Å². The Morgan fingerprint density at radius 3 is 2.69 bits per heavy atom. The average molecular weight is 180 g/mol. The summed E-state index contributed by atoms with van der Waals surface area (Å²) in [6.07, 6.45) is 0. The molecular formula is C9H16N4. The molecule has 0 aromatic carbocycles. The molecule has 13 heavy (non-hydrogen) atoms. The first kappa shape index (κ1) is 9.92. The number of aryl methyl sites for hydroxylation is 1. The summed E-state index contributed by atoms with van der Waals surface area (Å²) < 4.78 is 0. The van der Waals surface area contributed by atoms with E-state index in [9.17, 15) is 0 Å². The third-order valence-corrected chi connectivity index (χ3v) is 1.92. The van der Waals surface area contributed by atoms with Crippen LogP contribution in [0.3, 0.4) is 0 Å². The van der Waals surface area contributed by atoms with Crippen molar-refractivity contribution < 1.29 is 0 Å². The summed E-state index contributed by atoms with van der Waals surface area (Å²) in [6, 6.07) is 1.91. The first-order valence-electron chi connectivity index (χ1n) is 4.43. The number of hydrogen-bond acceptors (Lipinski definition) is 4. The Balaban J connectivity index is 3.01. The zero-order chi connectivity index (χ0) is 9.84. The summed E-state index contributed by atoms with van der Waals surface area (Å²) in [5.74, 6) is 0.753. The van der Waals surface area contributed by atoms with Crippen molar-refractivity contribution in [3.63, 3.8) is 0 Å². The van der Waals surface area contributed by atoms with Gasteiger partial charge in [-0.1, -0.05) is 0 Å². The van der Waals surface area contributed by atoms with Gasteiger partial charge in [0.1, 0.15) is 0 Å². The van der Waals surface area contributed by atoms with E-state index in [-0.39, 0.29) is 0 Å². The molecule has 0 aliphatic carbocycles. The Morgan fingerprint density at radius 1 is 1.46 bits per heavy atom. The van der Waals surface area contributed by atoms with Crippen LogP contribution in [-0.4, -0.2) is 23.6 Å². The molecule has 0 saturated heterocycles. The Hall–Kier alpha value is -1.16. The molecule has 0 spiro atoms. The summed E-state index contributed by atoms with van der Waals surface area (Å²) in [5.41, 5.74) is 7.38. The quantitative estimate of drug-likeness (QED) is 0.744. The van der Waals surface area contributed by atoms with E-state index in [4.69, 9.17) is 5.73 Å². The zero-order valence-electron chi connectivity index (χ0n) is 8.41. The van der Waals surface area contributed by atoms with Crippen LogP contribution in [-0.2, 0) is 6.54 Å². The maximum absolute atomic E-state index is 5.52. The van der Waals surface area contributed by atoms with E-state index in [1.54, 1.807) is 0 Å². The molecule has 0 atom stereocenters. The largest absolute Gasteiger partial charge is 0.344 e. The minimum Gasteiger partial charge on any atom is -0.344 e. The molecule has 0 saturated carbocycles. The summed E-state index contributed by atoms with van der Waals surface area (Å²) in [7, 11) is 1.97. The summed E-state index contributed by atoms with van der Waals surface area (Å²) in [4.78, 5) is 10.6. The van der Waals surface area contributed by atoms with Crippen molar-refractivity contribution in [3.8, 4) is 0 Å². The third-order valence-electron chi connectivity index (χ3n) is 1.92. The predicted octanol–water partition coefficient (Wildman–Crippen LogP) is 0.700. The number of nitrogens with zero attached hydrogens (tertiary/aromatic N) is 3. The smallest absolute Gasteiger partial charge is 0.225 e. The van der Waals surface area contributed by atoms with E-state index in [0.29, 0.717) is 6.54 Å². The fourth-order valence-electron chi connectivity index (χ4n) is 1.03. The molecule has 1 aromatic rings. The second-order valence-corrected chi connectivity index (χ2v) is 3.02. The number of nitrogens with two attached hydrogens (primary N) is 1. The Bertz CT molecular complexity index is 285. The van der Waals surface area contributed by atoms with E-state index in [2.05, 4.69) is 16.9 Å². The van der Waals surface area contributed by atoms with Crippen LogP contribution in [0.5, 0.6) is 0 Å². The normalized spacial score (nSPS) is 10.2. The van der Waals surface area contributed by atoms with Gasteiger partial charge < -0.3 is 10.6 Å². The Labute approximate surface area is 78.8 Å². The molecule has 1 aromatic heterocycles. The van der Waals surface area contributed by atoms with Crippen molar-refractivity contribution in [2.45, 2.75) is 20.4 Å². The molecule has 0 radical (unpaired) electrons. The molecule has 0 amide bonds. The standard InChI is InChI=1S/C9H16N4/c1-4-13(3)9-11-7(2)5-8(6-10)12-9/h5H,4,6,10H2,1-3H3. The van der Waals surface area contributed by atoms with Crippen LogP contribution in [0, 0.1) is 6.92 Å². The monoisotopic (exact) mass is 180 g/mol. The van der Waals surface area contributed by atoms with Crippen molar-refractivity contribution in [2.75, 3.05) is 18.5 Å². The first-order chi connectivity index (χ1) is 6.17. The van der Waals surface area contributed by atoms with E-state index >= 15 is 0 Å². The molecule has 4 nitrogen and oxygen atoms in total. The maximum atomic E-state index is 5.52. The summed E-state index contributed by atoms with van der Waals surface area (Å²) in [6.45, 7) is 5.38. The summed E-state index contributed by atoms with van der Waals surface area (Å²) in [5, 5.41) is 0. The molecule has 1 heterocycles. The molecule has 4 heteroatoms. The van der Waals surface area contributed by atoms with Crippen LogP contribution in [0.2, 0.25) is 0 Å². The third kappa shape index (κ3) is 2.39. The van der Waals surface area contributed by atoms with Gasteiger partial charge in [0.25, 0.3) is 0 Å². The molecule has 72 valence electrons. The second kappa shape index (κ2) is 4.18. The van der Waals surface area contributed by atoms with E-state index in [1.165, 1.54) is 0 Å². The highest BCUT2D eigenvalue weighted by Gasteiger charge is 2.03. The van der Waals surface area contributed by atoms with Crippen molar-refractivity contribution in [3.05, 3.63) is 17.5 Å². The van der Waals surface area contributed by atoms with Crippen molar-refractivity contribution in [2.24, 2.45) is 5.73 Å². The highest BCUT2D eigenvalue weighted by atomic mass is 15.2. The lowest BCUT2D eigenvalue weighted by Gasteiger charge is -2.15. The fraction of sp³-hybridized carbons (Fsp3) is 0.556. The SMILES string of the molecule is CCN(C)c1nc(C)cc(CN)n1. The van der Waals surface area contributed by atoms with Gasteiger partial charge in [0.15, 0.2) is 0 Å². The van der Waals surface area contributed by atoms with Crippen LogP contribution in [0.1, 0.15) is 18.3 Å². The van der Waals surface area contributed by atoms with Gasteiger partial charge in [-0.15, -0.1) is 0 Å². The lowest BCUT2D eigenvalue weighted by atomic mass is 10.3. The lowest BCUT2D eigenvalue weighted by molar-refractivity contribution is 0.860. The van der Waals surface area contributed by atoms with Crippen LogP contribution < -0.4 is 10.6 Å². The van der Waals surface area contributed by atoms with Gasteiger partial charge in [-0.05, 0) is 19.9 Å². The van der Waals surface area contributed by atoms with Gasteiger partial charge in [-0.2, -0.15) is 0 Å². The minimum absolute atomic E-state index is 0.466. The van der Waals surface area contributed by atoms with Crippen molar-refractivity contribution >= 4 is 5.95 Å². The van der Waals surface area contributed by atoms with Crippen LogP contribution >= 0.6 is 0 Å². The second-order valence-electron chi connectivity index (χ2n) is 3.02. The average Bonchev–Trinajstić information content (AvgIpc) is 2.15. The number of anilines is 1. The Morgan fingerprint density at radius 2 is 2.15 bits per heavy atom. The highest BCUT2D eigenvalue weighted by molar-refractivity contribution is 5.30. The molecular weight excluding hydrogens is 164 g/mol. The zero-order valence-corrected chi connectivity index (χ0v) is 8.41. The molecule has 0 bridgehead atoms. The lowest BCUT2D eigenvalue weighted by Crippen LogP contribution is -2.20. The highest BCUT2D eigenvalue weighted by Crippen LogP contribution is 2.07. The van der Waals surface area contributed by atoms with E-state index in [1.807, 2.05) is 24.9 Å². The molecule has 0 unspecified atom stereocenters. The van der Waals surface area contributed by atoms with Crippen LogP contribution in [0.15, 0.2) is 6.07 Å². The predicted molar refractivity (Wildman–Crippen MR) is 53.6 cm³/mol. The van der Waals surface area contributed by atoms with Gasteiger partial charge in [-0.25, -0.2) is 9.97 Å². The molecule has 0 fully saturated rings. The first-order valence-corrected chi connectivity index (χ1v) is 4.43. The van der Waals surface area contributed by atoms with Gasteiger partial charge >= 0.3 is 0 Å². The van der Waals surface area contributed by atoms with Gasteiger partial charge in [-0.3, -0.25) is 0 Å². The molecule has 0 aliphatic rings. The maximum Gasteiger partial charge on any atom is 0.225 e.